The molecule has 1 aromatic heterocycles. The summed E-state index contributed by atoms with van der Waals surface area (Å²) >= 11 is 1.19. The van der Waals surface area contributed by atoms with Crippen molar-refractivity contribution < 1.29 is 14.7 Å². The zero-order chi connectivity index (χ0) is 19.4. The molecular formula is C18H17N5O3S. The molecule has 0 aliphatic carbocycles. The van der Waals surface area contributed by atoms with Crippen LogP contribution in [0.15, 0.2) is 47.6 Å². The molecule has 0 saturated carbocycles. The van der Waals surface area contributed by atoms with Gasteiger partial charge in [0.25, 0.3) is 0 Å². The van der Waals surface area contributed by atoms with Gasteiger partial charge in [-0.15, -0.1) is 5.10 Å². The molecule has 138 valence electrons. The predicted molar refractivity (Wildman–Crippen MR) is 101 cm³/mol. The molecule has 0 bridgehead atoms. The van der Waals surface area contributed by atoms with Crippen LogP contribution in [0.4, 0.5) is 5.69 Å². The molecule has 8 nitrogen and oxygen atoms in total. The molecular weight excluding hydrogens is 366 g/mol. The highest BCUT2D eigenvalue weighted by Crippen LogP contribution is 2.20. The number of aromatic carboxylic acids is 1. The van der Waals surface area contributed by atoms with Gasteiger partial charge in [0.05, 0.1) is 17.0 Å². The van der Waals surface area contributed by atoms with E-state index in [9.17, 15) is 9.59 Å². The summed E-state index contributed by atoms with van der Waals surface area (Å²) in [5, 5.41) is 23.8. The largest absolute Gasteiger partial charge is 0.478 e. The number of carboxylic acids is 1. The SMILES string of the molecule is Cc1ccc(C)c(NC(=O)CSc2nnnn2-c2ccc(C(=O)O)cc2)c1. The maximum absolute atomic E-state index is 12.3. The number of amides is 1. The van der Waals surface area contributed by atoms with Crippen LogP contribution in [-0.4, -0.2) is 42.9 Å². The molecule has 9 heteroatoms. The van der Waals surface area contributed by atoms with E-state index in [2.05, 4.69) is 20.8 Å². The molecule has 1 amide bonds. The number of carboxylic acid groups (broad SMARTS) is 1. The quantitative estimate of drug-likeness (QED) is 0.630. The Morgan fingerprint density at radius 3 is 2.59 bits per heavy atom. The van der Waals surface area contributed by atoms with Gasteiger partial charge in [-0.05, 0) is 65.7 Å². The Hall–Kier alpha value is -3.20. The second kappa shape index (κ2) is 8.00. The Bertz CT molecular complexity index is 985. The third kappa shape index (κ3) is 4.50. The molecule has 2 N–H and O–H groups in total. The number of thioether (sulfide) groups is 1. The van der Waals surface area contributed by atoms with E-state index in [4.69, 9.17) is 5.11 Å². The highest BCUT2D eigenvalue weighted by molar-refractivity contribution is 7.99. The first-order valence-corrected chi connectivity index (χ1v) is 9.04. The maximum atomic E-state index is 12.3. The monoisotopic (exact) mass is 383 g/mol. The number of benzene rings is 2. The minimum absolute atomic E-state index is 0.140. The molecule has 0 aliphatic rings. The first-order chi connectivity index (χ1) is 12.9. The summed E-state index contributed by atoms with van der Waals surface area (Å²) in [5.74, 6) is -1.03. The highest BCUT2D eigenvalue weighted by Gasteiger charge is 2.13. The van der Waals surface area contributed by atoms with Crippen LogP contribution >= 0.6 is 11.8 Å². The first-order valence-electron chi connectivity index (χ1n) is 8.06. The van der Waals surface area contributed by atoms with Crippen molar-refractivity contribution in [1.82, 2.24) is 20.2 Å². The predicted octanol–water partition coefficient (Wildman–Crippen LogP) is 2.71. The number of carbonyl (C=O) groups excluding carboxylic acids is 1. The van der Waals surface area contributed by atoms with Gasteiger partial charge >= 0.3 is 5.97 Å². The zero-order valence-electron chi connectivity index (χ0n) is 14.7. The van der Waals surface area contributed by atoms with E-state index in [1.807, 2.05) is 32.0 Å². The number of anilines is 1. The molecule has 0 atom stereocenters. The highest BCUT2D eigenvalue weighted by atomic mass is 32.2. The number of rotatable bonds is 6. The summed E-state index contributed by atoms with van der Waals surface area (Å²) in [6.07, 6.45) is 0. The fourth-order valence-corrected chi connectivity index (χ4v) is 3.05. The normalized spacial score (nSPS) is 10.6. The second-order valence-corrected chi connectivity index (χ2v) is 6.82. The van der Waals surface area contributed by atoms with E-state index in [-0.39, 0.29) is 17.2 Å². The minimum Gasteiger partial charge on any atom is -0.478 e. The van der Waals surface area contributed by atoms with Crippen LogP contribution in [-0.2, 0) is 4.79 Å². The summed E-state index contributed by atoms with van der Waals surface area (Å²) < 4.78 is 1.46. The molecule has 0 fully saturated rings. The molecule has 27 heavy (non-hydrogen) atoms. The summed E-state index contributed by atoms with van der Waals surface area (Å²) in [5.41, 5.74) is 3.63. The van der Waals surface area contributed by atoms with Gasteiger partial charge in [0.15, 0.2) is 0 Å². The van der Waals surface area contributed by atoms with Gasteiger partial charge in [-0.3, -0.25) is 4.79 Å². The lowest BCUT2D eigenvalue weighted by molar-refractivity contribution is -0.113. The molecule has 0 aliphatic heterocycles. The van der Waals surface area contributed by atoms with E-state index in [1.165, 1.54) is 28.6 Å². The van der Waals surface area contributed by atoms with Gasteiger partial charge < -0.3 is 10.4 Å². The van der Waals surface area contributed by atoms with Gasteiger partial charge in [0.1, 0.15) is 0 Å². The number of nitrogens with zero attached hydrogens (tertiary/aromatic N) is 4. The third-order valence-electron chi connectivity index (χ3n) is 3.80. The third-order valence-corrected chi connectivity index (χ3v) is 4.72. The fourth-order valence-electron chi connectivity index (χ4n) is 2.36. The molecule has 0 unspecified atom stereocenters. The standard InChI is InChI=1S/C18H17N5O3S/c1-11-3-4-12(2)15(9-11)19-16(24)10-27-18-20-21-22-23(18)14-7-5-13(6-8-14)17(25)26/h3-9H,10H2,1-2H3,(H,19,24)(H,25,26). The van der Waals surface area contributed by atoms with Crippen LogP contribution in [0, 0.1) is 13.8 Å². The molecule has 2 aromatic carbocycles. The Morgan fingerprint density at radius 1 is 1.15 bits per heavy atom. The van der Waals surface area contributed by atoms with Crippen LogP contribution in [0.2, 0.25) is 0 Å². The van der Waals surface area contributed by atoms with Gasteiger partial charge in [-0.2, -0.15) is 4.68 Å². The number of nitrogens with one attached hydrogen (secondary N) is 1. The maximum Gasteiger partial charge on any atom is 0.335 e. The molecule has 0 saturated heterocycles. The van der Waals surface area contributed by atoms with Gasteiger partial charge in [-0.1, -0.05) is 23.9 Å². The van der Waals surface area contributed by atoms with Crippen LogP contribution in [0.25, 0.3) is 5.69 Å². The second-order valence-electron chi connectivity index (χ2n) is 5.88. The van der Waals surface area contributed by atoms with Crippen LogP contribution in [0.3, 0.4) is 0 Å². The average molecular weight is 383 g/mol. The minimum atomic E-state index is -1.00. The molecule has 3 aromatic rings. The first kappa shape index (κ1) is 18.6. The summed E-state index contributed by atoms with van der Waals surface area (Å²) in [4.78, 5) is 23.2. The Morgan fingerprint density at radius 2 is 1.89 bits per heavy atom. The van der Waals surface area contributed by atoms with E-state index in [1.54, 1.807) is 12.1 Å². The smallest absolute Gasteiger partial charge is 0.335 e. The Labute approximate surface area is 159 Å². The van der Waals surface area contributed by atoms with Crippen molar-refractivity contribution in [2.75, 3.05) is 11.1 Å². The van der Waals surface area contributed by atoms with Crippen molar-refractivity contribution in [3.63, 3.8) is 0 Å². The summed E-state index contributed by atoms with van der Waals surface area (Å²) in [6.45, 7) is 3.90. The lowest BCUT2D eigenvalue weighted by Crippen LogP contribution is -2.15. The molecule has 1 heterocycles. The number of hydrogen-bond acceptors (Lipinski definition) is 6. The van der Waals surface area contributed by atoms with Crippen molar-refractivity contribution in [2.45, 2.75) is 19.0 Å². The van der Waals surface area contributed by atoms with Crippen molar-refractivity contribution in [1.29, 1.82) is 0 Å². The summed E-state index contributed by atoms with van der Waals surface area (Å²) in [6, 6.07) is 12.0. The molecule has 0 radical (unpaired) electrons. The number of hydrogen-bond donors (Lipinski definition) is 2. The van der Waals surface area contributed by atoms with Crippen LogP contribution in [0.5, 0.6) is 0 Å². The van der Waals surface area contributed by atoms with Gasteiger partial charge in [0, 0.05) is 5.69 Å². The number of tetrazole rings is 1. The van der Waals surface area contributed by atoms with E-state index in [0.717, 1.165) is 16.8 Å². The molecule has 3 rings (SSSR count). The van der Waals surface area contributed by atoms with Gasteiger partial charge in [-0.25, -0.2) is 4.79 Å². The lowest BCUT2D eigenvalue weighted by atomic mass is 10.1. The Kier molecular flexibility index (Phi) is 5.51. The van der Waals surface area contributed by atoms with Crippen LogP contribution < -0.4 is 5.32 Å². The van der Waals surface area contributed by atoms with E-state index < -0.39 is 5.97 Å². The van der Waals surface area contributed by atoms with Gasteiger partial charge in [0.2, 0.25) is 11.1 Å². The van der Waals surface area contributed by atoms with Crippen molar-refractivity contribution in [2.24, 2.45) is 0 Å². The number of carbonyl (C=O) groups is 2. The summed E-state index contributed by atoms with van der Waals surface area (Å²) in [7, 11) is 0. The van der Waals surface area contributed by atoms with Crippen molar-refractivity contribution in [3.8, 4) is 5.69 Å². The van der Waals surface area contributed by atoms with Crippen LogP contribution in [0.1, 0.15) is 21.5 Å². The topological polar surface area (TPSA) is 110 Å². The van der Waals surface area contributed by atoms with E-state index >= 15 is 0 Å². The zero-order valence-corrected chi connectivity index (χ0v) is 15.5. The van der Waals surface area contributed by atoms with Crippen molar-refractivity contribution in [3.05, 3.63) is 59.2 Å². The Balaban J connectivity index is 1.67. The van der Waals surface area contributed by atoms with E-state index in [0.29, 0.717) is 10.8 Å². The number of aromatic nitrogens is 4. The van der Waals surface area contributed by atoms with Crippen molar-refractivity contribution >= 4 is 29.3 Å². The molecule has 0 spiro atoms. The fraction of sp³-hybridized carbons (Fsp3) is 0.167. The number of aryl methyl sites for hydroxylation is 2. The lowest BCUT2D eigenvalue weighted by Gasteiger charge is -2.09. The average Bonchev–Trinajstić information content (AvgIpc) is 3.12.